The topological polar surface area (TPSA) is 77.2 Å². The van der Waals surface area contributed by atoms with E-state index in [0.29, 0.717) is 5.65 Å². The lowest BCUT2D eigenvalue weighted by atomic mass is 10.0. The molecule has 0 saturated heterocycles. The summed E-state index contributed by atoms with van der Waals surface area (Å²) in [6.07, 6.45) is 0.932. The van der Waals surface area contributed by atoms with Crippen molar-refractivity contribution in [1.82, 2.24) is 25.3 Å². The van der Waals surface area contributed by atoms with Gasteiger partial charge in [0, 0.05) is 0 Å². The first-order valence-electron chi connectivity index (χ1n) is 6.76. The van der Waals surface area contributed by atoms with Crippen LogP contribution >= 0.6 is 0 Å². The normalized spacial score (nSPS) is 12.3. The van der Waals surface area contributed by atoms with Crippen molar-refractivity contribution in [2.75, 3.05) is 12.4 Å². The molecule has 0 unspecified atom stereocenters. The van der Waals surface area contributed by atoms with Crippen LogP contribution in [0.25, 0.3) is 5.65 Å². The zero-order valence-electron chi connectivity index (χ0n) is 11.9. The first-order valence-corrected chi connectivity index (χ1v) is 6.76. The number of nitrogens with one attached hydrogen (secondary N) is 1. The highest BCUT2D eigenvalue weighted by molar-refractivity contribution is 5.44. The maximum Gasteiger partial charge on any atom is 0.200 e. The Morgan fingerprint density at radius 2 is 2.00 bits per heavy atom. The number of ether oxygens (including phenoxy) is 1. The molecule has 7 nitrogen and oxygen atoms in total. The van der Waals surface area contributed by atoms with Crippen LogP contribution in [0.4, 0.5) is 5.82 Å². The third kappa shape index (κ3) is 2.76. The van der Waals surface area contributed by atoms with Gasteiger partial charge < -0.3 is 10.1 Å². The summed E-state index contributed by atoms with van der Waals surface area (Å²) in [4.78, 5) is 0. The van der Waals surface area contributed by atoms with E-state index in [4.69, 9.17) is 4.74 Å². The summed E-state index contributed by atoms with van der Waals surface area (Å²) >= 11 is 0. The van der Waals surface area contributed by atoms with Crippen LogP contribution in [-0.2, 0) is 0 Å². The first kappa shape index (κ1) is 13.3. The Morgan fingerprint density at radius 3 is 2.71 bits per heavy atom. The van der Waals surface area contributed by atoms with Gasteiger partial charge in [0.15, 0.2) is 5.65 Å². The highest BCUT2D eigenvalue weighted by Gasteiger charge is 2.11. The van der Waals surface area contributed by atoms with Gasteiger partial charge in [-0.2, -0.15) is 0 Å². The van der Waals surface area contributed by atoms with E-state index in [0.717, 1.165) is 18.0 Å². The zero-order chi connectivity index (χ0) is 14.7. The van der Waals surface area contributed by atoms with Crippen molar-refractivity contribution in [1.29, 1.82) is 0 Å². The Morgan fingerprint density at radius 1 is 1.19 bits per heavy atom. The van der Waals surface area contributed by atoms with Crippen molar-refractivity contribution in [2.24, 2.45) is 0 Å². The number of aromatic nitrogens is 5. The molecular weight excluding hydrogens is 268 g/mol. The molecule has 0 fully saturated rings. The second-order valence-corrected chi connectivity index (χ2v) is 4.62. The standard InChI is InChI=1S/C14H16N6O/c1-3-12(10-4-6-11(21-2)7-5-10)15-13-8-9-14-16-18-19-20(14)17-13/h4-9,12H,3H2,1-2H3,(H,15,17)/t12-/m1/s1. The van der Waals surface area contributed by atoms with E-state index >= 15 is 0 Å². The predicted octanol–water partition coefficient (Wildman–Crippen LogP) is 2.09. The molecule has 3 rings (SSSR count). The molecule has 0 bridgehead atoms. The van der Waals surface area contributed by atoms with E-state index in [2.05, 4.69) is 45.0 Å². The Labute approximate surface area is 121 Å². The molecule has 2 heterocycles. The largest absolute Gasteiger partial charge is 0.497 e. The van der Waals surface area contributed by atoms with E-state index in [1.807, 2.05) is 24.3 Å². The van der Waals surface area contributed by atoms with Crippen LogP contribution in [0.15, 0.2) is 36.4 Å². The van der Waals surface area contributed by atoms with Gasteiger partial charge in [0.25, 0.3) is 0 Å². The molecular formula is C14H16N6O. The summed E-state index contributed by atoms with van der Waals surface area (Å²) in [7, 11) is 1.66. The van der Waals surface area contributed by atoms with Crippen molar-refractivity contribution in [3.05, 3.63) is 42.0 Å². The fourth-order valence-corrected chi connectivity index (χ4v) is 2.16. The van der Waals surface area contributed by atoms with Gasteiger partial charge in [-0.25, -0.2) is 0 Å². The summed E-state index contributed by atoms with van der Waals surface area (Å²) in [5.74, 6) is 1.58. The summed E-state index contributed by atoms with van der Waals surface area (Å²) < 4.78 is 6.59. The van der Waals surface area contributed by atoms with Crippen molar-refractivity contribution in [3.8, 4) is 5.75 Å². The molecule has 0 aliphatic heterocycles. The number of tetrazole rings is 1. The quantitative estimate of drug-likeness (QED) is 0.773. The molecule has 3 aromatic rings. The molecule has 0 radical (unpaired) electrons. The number of hydrogen-bond acceptors (Lipinski definition) is 6. The van der Waals surface area contributed by atoms with E-state index in [1.54, 1.807) is 7.11 Å². The van der Waals surface area contributed by atoms with Gasteiger partial charge in [-0.3, -0.25) is 0 Å². The fourth-order valence-electron chi connectivity index (χ4n) is 2.16. The van der Waals surface area contributed by atoms with E-state index < -0.39 is 0 Å². The second-order valence-electron chi connectivity index (χ2n) is 4.62. The van der Waals surface area contributed by atoms with Crippen LogP contribution in [0.2, 0.25) is 0 Å². The molecule has 0 aliphatic carbocycles. The smallest absolute Gasteiger partial charge is 0.200 e. The van der Waals surface area contributed by atoms with Crippen molar-refractivity contribution < 1.29 is 4.74 Å². The lowest BCUT2D eigenvalue weighted by molar-refractivity contribution is 0.414. The number of anilines is 1. The van der Waals surface area contributed by atoms with E-state index in [-0.39, 0.29) is 6.04 Å². The lowest BCUT2D eigenvalue weighted by Crippen LogP contribution is -2.12. The van der Waals surface area contributed by atoms with Gasteiger partial charge in [0.2, 0.25) is 0 Å². The molecule has 1 N–H and O–H groups in total. The monoisotopic (exact) mass is 284 g/mol. The number of methoxy groups -OCH3 is 1. The van der Waals surface area contributed by atoms with Crippen molar-refractivity contribution in [2.45, 2.75) is 19.4 Å². The molecule has 2 aromatic heterocycles. The van der Waals surface area contributed by atoms with Crippen LogP contribution in [0.3, 0.4) is 0 Å². The first-order chi connectivity index (χ1) is 10.3. The van der Waals surface area contributed by atoms with Crippen LogP contribution in [0, 0.1) is 0 Å². The highest BCUT2D eigenvalue weighted by atomic mass is 16.5. The number of hydrogen-bond donors (Lipinski definition) is 1. The summed E-state index contributed by atoms with van der Waals surface area (Å²) in [6.45, 7) is 2.12. The Hall–Kier alpha value is -2.70. The predicted molar refractivity (Wildman–Crippen MR) is 78.2 cm³/mol. The number of rotatable bonds is 5. The average molecular weight is 284 g/mol. The Bertz CT molecular complexity index is 724. The van der Waals surface area contributed by atoms with Crippen molar-refractivity contribution >= 4 is 11.5 Å². The summed E-state index contributed by atoms with van der Waals surface area (Å²) in [5, 5.41) is 18.9. The summed E-state index contributed by atoms with van der Waals surface area (Å²) in [6, 6.07) is 11.9. The Balaban J connectivity index is 1.82. The maximum atomic E-state index is 5.18. The lowest BCUT2D eigenvalue weighted by Gasteiger charge is -2.18. The Kier molecular flexibility index (Phi) is 3.63. The minimum atomic E-state index is 0.164. The summed E-state index contributed by atoms with van der Waals surface area (Å²) in [5.41, 5.74) is 1.80. The SMILES string of the molecule is CC[C@@H](Nc1ccc2nnnn2n1)c1ccc(OC)cc1. The minimum absolute atomic E-state index is 0.164. The van der Waals surface area contributed by atoms with Gasteiger partial charge in [0.1, 0.15) is 11.6 Å². The van der Waals surface area contributed by atoms with Gasteiger partial charge in [-0.15, -0.1) is 14.8 Å². The van der Waals surface area contributed by atoms with Gasteiger partial charge in [-0.1, -0.05) is 19.1 Å². The van der Waals surface area contributed by atoms with Gasteiger partial charge in [-0.05, 0) is 46.7 Å². The van der Waals surface area contributed by atoms with Crippen LogP contribution < -0.4 is 10.1 Å². The van der Waals surface area contributed by atoms with E-state index in [9.17, 15) is 0 Å². The molecule has 0 saturated carbocycles. The number of benzene rings is 1. The fraction of sp³-hybridized carbons (Fsp3) is 0.286. The second kappa shape index (κ2) is 5.74. The third-order valence-electron chi connectivity index (χ3n) is 3.32. The molecule has 21 heavy (non-hydrogen) atoms. The van der Waals surface area contributed by atoms with Crippen molar-refractivity contribution in [3.63, 3.8) is 0 Å². The molecule has 0 spiro atoms. The maximum absolute atomic E-state index is 5.18. The van der Waals surface area contributed by atoms with Crippen LogP contribution in [0.1, 0.15) is 24.9 Å². The number of fused-ring (bicyclic) bond motifs is 1. The molecule has 108 valence electrons. The molecule has 1 aromatic carbocycles. The van der Waals surface area contributed by atoms with E-state index in [1.165, 1.54) is 10.2 Å². The molecule has 1 atom stereocenters. The third-order valence-corrected chi connectivity index (χ3v) is 3.32. The average Bonchev–Trinajstić information content (AvgIpc) is 3.00. The van der Waals surface area contributed by atoms with Gasteiger partial charge in [0.05, 0.1) is 13.2 Å². The minimum Gasteiger partial charge on any atom is -0.497 e. The van der Waals surface area contributed by atoms with Crippen LogP contribution in [0.5, 0.6) is 5.75 Å². The number of nitrogens with zero attached hydrogens (tertiary/aromatic N) is 5. The highest BCUT2D eigenvalue weighted by Crippen LogP contribution is 2.23. The zero-order valence-corrected chi connectivity index (χ0v) is 11.9. The van der Waals surface area contributed by atoms with Gasteiger partial charge >= 0.3 is 0 Å². The molecule has 0 aliphatic rings. The molecule has 7 heteroatoms. The molecule has 0 amide bonds. The van der Waals surface area contributed by atoms with Crippen LogP contribution in [-0.4, -0.2) is 32.4 Å².